The fourth-order valence-electron chi connectivity index (χ4n) is 2.90. The Bertz CT molecular complexity index is 1250. The highest BCUT2D eigenvalue weighted by Gasteiger charge is 2.14. The van der Waals surface area contributed by atoms with Crippen LogP contribution in [-0.4, -0.2) is 22.5 Å². The van der Waals surface area contributed by atoms with Crippen LogP contribution in [0.15, 0.2) is 77.6 Å². The van der Waals surface area contributed by atoms with Gasteiger partial charge in [0.05, 0.1) is 16.7 Å². The third-order valence-electron chi connectivity index (χ3n) is 4.22. The SMILES string of the molecule is O=C(COc1cccc(Cl)c1)Nc1ccccc1-c1nc2ccccc2[nH]c1=O. The molecule has 29 heavy (non-hydrogen) atoms. The maximum atomic E-state index is 12.5. The smallest absolute Gasteiger partial charge is 0.275 e. The number of hydrogen-bond donors (Lipinski definition) is 2. The molecule has 0 saturated carbocycles. The van der Waals surface area contributed by atoms with Gasteiger partial charge in [-0.2, -0.15) is 0 Å². The zero-order valence-electron chi connectivity index (χ0n) is 15.2. The minimum atomic E-state index is -0.366. The normalized spacial score (nSPS) is 10.7. The standard InChI is InChI=1S/C22H16ClN3O3/c23-14-6-5-7-15(12-14)29-13-20(27)24-17-9-2-1-8-16(17)21-22(28)26-19-11-4-3-10-18(19)25-21/h1-12H,13H2,(H,24,27)(H,26,28). The van der Waals surface area contributed by atoms with Crippen LogP contribution in [0.25, 0.3) is 22.3 Å². The number of carbonyl (C=O) groups excluding carboxylic acids is 1. The van der Waals surface area contributed by atoms with E-state index < -0.39 is 0 Å². The molecule has 2 N–H and O–H groups in total. The average Bonchev–Trinajstić information content (AvgIpc) is 2.72. The summed E-state index contributed by atoms with van der Waals surface area (Å²) in [5.74, 6) is 0.128. The lowest BCUT2D eigenvalue weighted by molar-refractivity contribution is -0.118. The highest BCUT2D eigenvalue weighted by atomic mass is 35.5. The highest BCUT2D eigenvalue weighted by molar-refractivity contribution is 6.30. The van der Waals surface area contributed by atoms with Crippen molar-refractivity contribution < 1.29 is 9.53 Å². The molecular formula is C22H16ClN3O3. The summed E-state index contributed by atoms with van der Waals surface area (Å²) in [4.78, 5) is 32.2. The first-order valence-corrected chi connectivity index (χ1v) is 9.24. The Morgan fingerprint density at radius 2 is 1.83 bits per heavy atom. The summed E-state index contributed by atoms with van der Waals surface area (Å²) in [5.41, 5.74) is 2.21. The Morgan fingerprint density at radius 3 is 2.69 bits per heavy atom. The zero-order chi connectivity index (χ0) is 20.2. The molecule has 4 aromatic rings. The second kappa shape index (κ2) is 8.16. The molecule has 0 bridgehead atoms. The van der Waals surface area contributed by atoms with Crippen LogP contribution in [0.1, 0.15) is 0 Å². The van der Waals surface area contributed by atoms with Crippen molar-refractivity contribution in [2.75, 3.05) is 11.9 Å². The van der Waals surface area contributed by atoms with Gasteiger partial charge in [0.15, 0.2) is 6.61 Å². The van der Waals surface area contributed by atoms with Gasteiger partial charge in [-0.05, 0) is 36.4 Å². The number of ether oxygens (including phenoxy) is 1. The van der Waals surface area contributed by atoms with E-state index in [1.54, 1.807) is 54.6 Å². The van der Waals surface area contributed by atoms with Crippen molar-refractivity contribution in [2.24, 2.45) is 0 Å². The monoisotopic (exact) mass is 405 g/mol. The number of aromatic nitrogens is 2. The fraction of sp³-hybridized carbons (Fsp3) is 0.0455. The molecule has 0 unspecified atom stereocenters. The van der Waals surface area contributed by atoms with Crippen LogP contribution >= 0.6 is 11.6 Å². The lowest BCUT2D eigenvalue weighted by Gasteiger charge is -2.11. The van der Waals surface area contributed by atoms with E-state index in [0.29, 0.717) is 33.1 Å². The predicted molar refractivity (Wildman–Crippen MR) is 113 cm³/mol. The van der Waals surface area contributed by atoms with Crippen molar-refractivity contribution >= 4 is 34.2 Å². The van der Waals surface area contributed by atoms with Gasteiger partial charge < -0.3 is 15.0 Å². The largest absolute Gasteiger partial charge is 0.484 e. The van der Waals surface area contributed by atoms with E-state index in [2.05, 4.69) is 15.3 Å². The molecule has 0 aliphatic heterocycles. The zero-order valence-corrected chi connectivity index (χ0v) is 15.9. The number of nitrogens with zero attached hydrogens (tertiary/aromatic N) is 1. The summed E-state index contributed by atoms with van der Waals surface area (Å²) in [7, 11) is 0. The van der Waals surface area contributed by atoms with Gasteiger partial charge in [0.1, 0.15) is 11.4 Å². The van der Waals surface area contributed by atoms with Crippen LogP contribution in [0.3, 0.4) is 0 Å². The van der Waals surface area contributed by atoms with Crippen LogP contribution in [0.5, 0.6) is 5.75 Å². The summed E-state index contributed by atoms with van der Waals surface area (Å²) >= 11 is 5.91. The predicted octanol–water partition coefficient (Wildman–Crippen LogP) is 4.26. The molecule has 3 aromatic carbocycles. The Labute approximate surface area is 171 Å². The second-order valence-electron chi connectivity index (χ2n) is 6.27. The molecule has 0 atom stereocenters. The van der Waals surface area contributed by atoms with Crippen molar-refractivity contribution in [3.8, 4) is 17.0 Å². The molecule has 0 spiro atoms. The number of hydrogen-bond acceptors (Lipinski definition) is 4. The molecule has 0 saturated heterocycles. The van der Waals surface area contributed by atoms with Crippen LogP contribution in [0.2, 0.25) is 5.02 Å². The molecule has 1 amide bonds. The number of H-pyrrole nitrogens is 1. The van der Waals surface area contributed by atoms with E-state index in [-0.39, 0.29) is 23.8 Å². The van der Waals surface area contributed by atoms with Crippen LogP contribution in [0, 0.1) is 0 Å². The van der Waals surface area contributed by atoms with Gasteiger partial charge in [0.2, 0.25) is 0 Å². The summed E-state index contributed by atoms with van der Waals surface area (Å²) in [5, 5.41) is 3.30. The number of aromatic amines is 1. The van der Waals surface area contributed by atoms with Gasteiger partial charge in [-0.15, -0.1) is 0 Å². The fourth-order valence-corrected chi connectivity index (χ4v) is 3.08. The van der Waals surface area contributed by atoms with Crippen molar-refractivity contribution in [3.05, 3.63) is 88.2 Å². The van der Waals surface area contributed by atoms with Crippen LogP contribution in [0.4, 0.5) is 5.69 Å². The van der Waals surface area contributed by atoms with Gasteiger partial charge in [-0.25, -0.2) is 4.98 Å². The number of benzene rings is 3. The number of amides is 1. The first-order valence-electron chi connectivity index (χ1n) is 8.87. The van der Waals surface area contributed by atoms with Gasteiger partial charge in [0, 0.05) is 10.6 Å². The molecule has 0 aliphatic carbocycles. The molecular weight excluding hydrogens is 390 g/mol. The van der Waals surface area contributed by atoms with E-state index >= 15 is 0 Å². The molecule has 144 valence electrons. The molecule has 0 aliphatic rings. The number of fused-ring (bicyclic) bond motifs is 1. The average molecular weight is 406 g/mol. The van der Waals surface area contributed by atoms with Crippen molar-refractivity contribution in [1.29, 1.82) is 0 Å². The molecule has 1 aromatic heterocycles. The number of halogens is 1. The highest BCUT2D eigenvalue weighted by Crippen LogP contribution is 2.25. The molecule has 7 heteroatoms. The van der Waals surface area contributed by atoms with Crippen molar-refractivity contribution in [2.45, 2.75) is 0 Å². The third kappa shape index (κ3) is 4.28. The Morgan fingerprint density at radius 1 is 1.03 bits per heavy atom. The summed E-state index contributed by atoms with van der Waals surface area (Å²) in [6.45, 7) is -0.198. The van der Waals surface area contributed by atoms with Gasteiger partial charge in [-0.1, -0.05) is 48.0 Å². The topological polar surface area (TPSA) is 84.1 Å². The van der Waals surface area contributed by atoms with E-state index in [1.165, 1.54) is 0 Å². The van der Waals surface area contributed by atoms with Crippen molar-refractivity contribution in [1.82, 2.24) is 9.97 Å². The van der Waals surface area contributed by atoms with Gasteiger partial charge in [-0.3, -0.25) is 9.59 Å². The maximum absolute atomic E-state index is 12.5. The second-order valence-corrected chi connectivity index (χ2v) is 6.71. The lowest BCUT2D eigenvalue weighted by Crippen LogP contribution is -2.21. The number of rotatable bonds is 5. The Hall–Kier alpha value is -3.64. The van der Waals surface area contributed by atoms with Gasteiger partial charge in [0.25, 0.3) is 11.5 Å². The molecule has 0 radical (unpaired) electrons. The molecule has 4 rings (SSSR count). The summed E-state index contributed by atoms with van der Waals surface area (Å²) < 4.78 is 5.47. The van der Waals surface area contributed by atoms with E-state index in [4.69, 9.17) is 16.3 Å². The molecule has 1 heterocycles. The minimum Gasteiger partial charge on any atom is -0.484 e. The van der Waals surface area contributed by atoms with E-state index in [1.807, 2.05) is 18.2 Å². The van der Waals surface area contributed by atoms with E-state index in [0.717, 1.165) is 0 Å². The first-order chi connectivity index (χ1) is 14.1. The summed E-state index contributed by atoms with van der Waals surface area (Å²) in [6, 6.07) is 21.1. The Balaban J connectivity index is 1.58. The number of para-hydroxylation sites is 3. The maximum Gasteiger partial charge on any atom is 0.275 e. The van der Waals surface area contributed by atoms with Crippen LogP contribution < -0.4 is 15.6 Å². The van der Waals surface area contributed by atoms with Crippen molar-refractivity contribution in [3.63, 3.8) is 0 Å². The number of nitrogens with one attached hydrogen (secondary N) is 2. The number of anilines is 1. The first kappa shape index (κ1) is 18.7. The minimum absolute atomic E-state index is 0.198. The quantitative estimate of drug-likeness (QED) is 0.519. The molecule has 0 fully saturated rings. The Kier molecular flexibility index (Phi) is 5.27. The summed E-state index contributed by atoms with van der Waals surface area (Å²) in [6.07, 6.45) is 0. The third-order valence-corrected chi connectivity index (χ3v) is 4.46. The number of carbonyl (C=O) groups is 1. The van der Waals surface area contributed by atoms with Crippen LogP contribution in [-0.2, 0) is 4.79 Å². The lowest BCUT2D eigenvalue weighted by atomic mass is 10.1. The van der Waals surface area contributed by atoms with Gasteiger partial charge >= 0.3 is 0 Å². The van der Waals surface area contributed by atoms with E-state index in [9.17, 15) is 9.59 Å². The molecule has 6 nitrogen and oxygen atoms in total.